The molecule has 1 fully saturated rings. The number of rotatable bonds is 4. The van der Waals surface area contributed by atoms with Gasteiger partial charge in [-0.2, -0.15) is 0 Å². The Hall–Kier alpha value is -1.22. The molecule has 3 heteroatoms. The van der Waals surface area contributed by atoms with Gasteiger partial charge >= 0.3 is 0 Å². The number of ether oxygens (including phenoxy) is 1. The zero-order valence-electron chi connectivity index (χ0n) is 11.3. The SMILES string of the molecule is CC1(C)CC1CNCc1cccc2c1OCCN2. The van der Waals surface area contributed by atoms with Crippen molar-refractivity contribution in [3.63, 3.8) is 0 Å². The average molecular weight is 246 g/mol. The molecular formula is C15H22N2O. The lowest BCUT2D eigenvalue weighted by Crippen LogP contribution is -2.22. The maximum absolute atomic E-state index is 5.77. The molecule has 3 rings (SSSR count). The summed E-state index contributed by atoms with van der Waals surface area (Å²) in [7, 11) is 0. The standard InChI is InChI=1S/C15H22N2O/c1-15(2)8-12(15)10-16-9-11-4-3-5-13-14(11)18-7-6-17-13/h3-5,12,16-17H,6-10H2,1-2H3. The second-order valence-corrected chi connectivity index (χ2v) is 6.09. The van der Waals surface area contributed by atoms with Gasteiger partial charge in [-0.05, 0) is 30.4 Å². The Bertz CT molecular complexity index is 442. The van der Waals surface area contributed by atoms with E-state index in [-0.39, 0.29) is 0 Å². The van der Waals surface area contributed by atoms with Gasteiger partial charge in [0.25, 0.3) is 0 Å². The third-order valence-corrected chi connectivity index (χ3v) is 4.18. The summed E-state index contributed by atoms with van der Waals surface area (Å²) < 4.78 is 5.77. The van der Waals surface area contributed by atoms with Gasteiger partial charge in [-0.1, -0.05) is 26.0 Å². The maximum Gasteiger partial charge on any atom is 0.146 e. The molecule has 98 valence electrons. The maximum atomic E-state index is 5.77. The minimum absolute atomic E-state index is 0.557. The van der Waals surface area contributed by atoms with Crippen molar-refractivity contribution >= 4 is 5.69 Å². The molecule has 0 spiro atoms. The van der Waals surface area contributed by atoms with Crippen LogP contribution in [0.15, 0.2) is 18.2 Å². The van der Waals surface area contributed by atoms with Crippen LogP contribution >= 0.6 is 0 Å². The molecule has 0 bridgehead atoms. The summed E-state index contributed by atoms with van der Waals surface area (Å²) in [6.07, 6.45) is 1.35. The summed E-state index contributed by atoms with van der Waals surface area (Å²) >= 11 is 0. The summed E-state index contributed by atoms with van der Waals surface area (Å²) in [5, 5.41) is 6.94. The third kappa shape index (κ3) is 2.32. The molecule has 2 aliphatic rings. The molecule has 1 aliphatic carbocycles. The van der Waals surface area contributed by atoms with Gasteiger partial charge in [0, 0.05) is 18.7 Å². The van der Waals surface area contributed by atoms with Gasteiger partial charge in [-0.15, -0.1) is 0 Å². The molecule has 1 aromatic carbocycles. The highest BCUT2D eigenvalue weighted by Gasteiger charge is 2.44. The summed E-state index contributed by atoms with van der Waals surface area (Å²) in [6.45, 7) is 8.37. The van der Waals surface area contributed by atoms with Crippen LogP contribution in [0.25, 0.3) is 0 Å². The second kappa shape index (κ2) is 4.47. The highest BCUT2D eigenvalue weighted by molar-refractivity contribution is 5.61. The zero-order valence-corrected chi connectivity index (χ0v) is 11.3. The molecule has 2 N–H and O–H groups in total. The predicted molar refractivity (Wildman–Crippen MR) is 74.0 cm³/mol. The van der Waals surface area contributed by atoms with E-state index in [4.69, 9.17) is 4.74 Å². The first-order chi connectivity index (χ1) is 8.67. The average Bonchev–Trinajstić information content (AvgIpc) is 2.97. The molecule has 1 saturated carbocycles. The van der Waals surface area contributed by atoms with Crippen LogP contribution in [0.4, 0.5) is 5.69 Å². The molecular weight excluding hydrogens is 224 g/mol. The van der Waals surface area contributed by atoms with E-state index in [0.717, 1.165) is 43.6 Å². The van der Waals surface area contributed by atoms with E-state index in [1.165, 1.54) is 12.0 Å². The number of fused-ring (bicyclic) bond motifs is 1. The highest BCUT2D eigenvalue weighted by Crippen LogP contribution is 2.51. The summed E-state index contributed by atoms with van der Waals surface area (Å²) in [6, 6.07) is 6.33. The minimum Gasteiger partial charge on any atom is -0.489 e. The van der Waals surface area contributed by atoms with Gasteiger partial charge in [0.05, 0.1) is 5.69 Å². The number of para-hydroxylation sites is 1. The lowest BCUT2D eigenvalue weighted by atomic mass is 10.1. The van der Waals surface area contributed by atoms with Gasteiger partial charge in [0.15, 0.2) is 0 Å². The van der Waals surface area contributed by atoms with E-state index in [1.54, 1.807) is 0 Å². The largest absolute Gasteiger partial charge is 0.489 e. The quantitative estimate of drug-likeness (QED) is 0.857. The van der Waals surface area contributed by atoms with Crippen LogP contribution in [-0.4, -0.2) is 19.7 Å². The van der Waals surface area contributed by atoms with Crippen molar-refractivity contribution in [2.24, 2.45) is 11.3 Å². The molecule has 18 heavy (non-hydrogen) atoms. The van der Waals surface area contributed by atoms with Crippen LogP contribution in [0.2, 0.25) is 0 Å². The number of anilines is 1. The van der Waals surface area contributed by atoms with Crippen LogP contribution in [0.5, 0.6) is 5.75 Å². The molecule has 0 radical (unpaired) electrons. The predicted octanol–water partition coefficient (Wildman–Crippen LogP) is 2.63. The molecule has 0 amide bonds. The number of benzene rings is 1. The fraction of sp³-hybridized carbons (Fsp3) is 0.600. The van der Waals surface area contributed by atoms with E-state index in [1.807, 2.05) is 0 Å². The Kier molecular flexibility index (Phi) is 2.94. The van der Waals surface area contributed by atoms with Crippen molar-refractivity contribution < 1.29 is 4.74 Å². The number of hydrogen-bond acceptors (Lipinski definition) is 3. The molecule has 1 aromatic rings. The van der Waals surface area contributed by atoms with Crippen LogP contribution < -0.4 is 15.4 Å². The van der Waals surface area contributed by atoms with Gasteiger partial charge in [-0.25, -0.2) is 0 Å². The molecule has 1 unspecified atom stereocenters. The minimum atomic E-state index is 0.557. The fourth-order valence-corrected chi connectivity index (χ4v) is 2.68. The van der Waals surface area contributed by atoms with Crippen molar-refractivity contribution in [1.82, 2.24) is 5.32 Å². The zero-order chi connectivity index (χ0) is 12.6. The first-order valence-corrected chi connectivity index (χ1v) is 6.86. The van der Waals surface area contributed by atoms with Crippen LogP contribution in [0.1, 0.15) is 25.8 Å². The Labute approximate surface area is 109 Å². The van der Waals surface area contributed by atoms with E-state index < -0.39 is 0 Å². The van der Waals surface area contributed by atoms with Crippen LogP contribution in [0.3, 0.4) is 0 Å². The van der Waals surface area contributed by atoms with Crippen molar-refractivity contribution in [1.29, 1.82) is 0 Å². The Morgan fingerprint density at radius 2 is 2.28 bits per heavy atom. The van der Waals surface area contributed by atoms with Crippen molar-refractivity contribution in [2.45, 2.75) is 26.8 Å². The van der Waals surface area contributed by atoms with Gasteiger partial charge in [0.1, 0.15) is 12.4 Å². The van der Waals surface area contributed by atoms with Gasteiger partial charge < -0.3 is 15.4 Å². The number of hydrogen-bond donors (Lipinski definition) is 2. The lowest BCUT2D eigenvalue weighted by Gasteiger charge is -2.22. The lowest BCUT2D eigenvalue weighted by molar-refractivity contribution is 0.318. The summed E-state index contributed by atoms with van der Waals surface area (Å²) in [4.78, 5) is 0. The first kappa shape index (κ1) is 11.8. The van der Waals surface area contributed by atoms with E-state index in [0.29, 0.717) is 5.41 Å². The highest BCUT2D eigenvalue weighted by atomic mass is 16.5. The van der Waals surface area contributed by atoms with E-state index in [9.17, 15) is 0 Å². The van der Waals surface area contributed by atoms with Crippen molar-refractivity contribution in [3.05, 3.63) is 23.8 Å². The van der Waals surface area contributed by atoms with Gasteiger partial charge in [0.2, 0.25) is 0 Å². The Morgan fingerprint density at radius 3 is 3.06 bits per heavy atom. The molecule has 0 aromatic heterocycles. The van der Waals surface area contributed by atoms with Crippen molar-refractivity contribution in [2.75, 3.05) is 25.0 Å². The van der Waals surface area contributed by atoms with Gasteiger partial charge in [-0.3, -0.25) is 0 Å². The van der Waals surface area contributed by atoms with Crippen molar-refractivity contribution in [3.8, 4) is 5.75 Å². The Balaban J connectivity index is 1.59. The summed E-state index contributed by atoms with van der Waals surface area (Å²) in [5.74, 6) is 1.88. The monoisotopic (exact) mass is 246 g/mol. The first-order valence-electron chi connectivity index (χ1n) is 6.86. The molecule has 0 saturated heterocycles. The van der Waals surface area contributed by atoms with E-state index in [2.05, 4.69) is 42.7 Å². The third-order valence-electron chi connectivity index (χ3n) is 4.18. The van der Waals surface area contributed by atoms with E-state index >= 15 is 0 Å². The van der Waals surface area contributed by atoms with Crippen LogP contribution in [-0.2, 0) is 6.54 Å². The smallest absolute Gasteiger partial charge is 0.146 e. The summed E-state index contributed by atoms with van der Waals surface area (Å²) in [5.41, 5.74) is 2.95. The molecule has 1 atom stereocenters. The molecule has 3 nitrogen and oxygen atoms in total. The topological polar surface area (TPSA) is 33.3 Å². The number of nitrogens with one attached hydrogen (secondary N) is 2. The molecule has 1 aliphatic heterocycles. The Morgan fingerprint density at radius 1 is 1.44 bits per heavy atom. The van der Waals surface area contributed by atoms with Crippen LogP contribution in [0, 0.1) is 11.3 Å². The molecule has 1 heterocycles. The fourth-order valence-electron chi connectivity index (χ4n) is 2.68. The second-order valence-electron chi connectivity index (χ2n) is 6.09. The normalized spacial score (nSPS) is 23.8.